The zero-order valence-corrected chi connectivity index (χ0v) is 14.2. The van der Waals surface area contributed by atoms with Crippen LogP contribution < -0.4 is 0 Å². The molecule has 5 nitrogen and oxygen atoms in total. The molecule has 0 radical (unpaired) electrons. The number of hydrogen-bond donors (Lipinski definition) is 1. The van der Waals surface area contributed by atoms with Gasteiger partial charge < -0.3 is 14.9 Å². The lowest BCUT2D eigenvalue weighted by atomic mass is 10.0. The van der Waals surface area contributed by atoms with E-state index in [9.17, 15) is 14.7 Å². The molecule has 0 saturated carbocycles. The molecule has 1 N–H and O–H groups in total. The van der Waals surface area contributed by atoms with Crippen molar-refractivity contribution in [2.45, 2.75) is 32.3 Å². The number of hydrogen-bond acceptors (Lipinski definition) is 3. The van der Waals surface area contributed by atoms with Crippen LogP contribution in [-0.2, 0) is 16.0 Å². The second-order valence-electron chi connectivity index (χ2n) is 7.05. The van der Waals surface area contributed by atoms with Crippen LogP contribution in [0.4, 0.5) is 0 Å². The molecule has 0 bridgehead atoms. The van der Waals surface area contributed by atoms with Gasteiger partial charge in [0.15, 0.2) is 0 Å². The highest BCUT2D eigenvalue weighted by Crippen LogP contribution is 2.25. The van der Waals surface area contributed by atoms with E-state index in [4.69, 9.17) is 0 Å². The summed E-state index contributed by atoms with van der Waals surface area (Å²) in [6.45, 7) is 4.29. The molecule has 1 aromatic carbocycles. The van der Waals surface area contributed by atoms with Crippen molar-refractivity contribution in [3.05, 3.63) is 35.9 Å². The van der Waals surface area contributed by atoms with E-state index >= 15 is 0 Å². The lowest BCUT2D eigenvalue weighted by Crippen LogP contribution is -2.37. The van der Waals surface area contributed by atoms with Crippen LogP contribution in [0.5, 0.6) is 0 Å². The Morgan fingerprint density at radius 3 is 2.71 bits per heavy atom. The second-order valence-corrected chi connectivity index (χ2v) is 7.05. The molecule has 2 fully saturated rings. The Labute approximate surface area is 143 Å². The van der Waals surface area contributed by atoms with Crippen molar-refractivity contribution in [3.8, 4) is 0 Å². The molecule has 2 saturated heterocycles. The van der Waals surface area contributed by atoms with Gasteiger partial charge in [-0.15, -0.1) is 0 Å². The predicted molar refractivity (Wildman–Crippen MR) is 91.2 cm³/mol. The molecule has 3 unspecified atom stereocenters. The first-order chi connectivity index (χ1) is 11.5. The first-order valence-corrected chi connectivity index (χ1v) is 8.83. The van der Waals surface area contributed by atoms with Gasteiger partial charge in [-0.1, -0.05) is 30.3 Å². The molecular formula is C19H26N2O3. The maximum atomic E-state index is 12.6. The van der Waals surface area contributed by atoms with Crippen molar-refractivity contribution in [1.82, 2.24) is 9.80 Å². The molecule has 0 spiro atoms. The molecule has 24 heavy (non-hydrogen) atoms. The Morgan fingerprint density at radius 2 is 2.04 bits per heavy atom. The van der Waals surface area contributed by atoms with Crippen LogP contribution in [0.15, 0.2) is 30.3 Å². The summed E-state index contributed by atoms with van der Waals surface area (Å²) in [7, 11) is 0. The van der Waals surface area contributed by atoms with Gasteiger partial charge >= 0.3 is 0 Å². The van der Waals surface area contributed by atoms with Gasteiger partial charge in [0.1, 0.15) is 0 Å². The normalized spacial score (nSPS) is 25.3. The Balaban J connectivity index is 1.52. The van der Waals surface area contributed by atoms with E-state index in [1.165, 1.54) is 5.56 Å². The Bertz CT molecular complexity index is 588. The molecular weight excluding hydrogens is 304 g/mol. The highest BCUT2D eigenvalue weighted by molar-refractivity contribution is 5.89. The summed E-state index contributed by atoms with van der Waals surface area (Å²) in [5.74, 6) is 0.102. The van der Waals surface area contributed by atoms with Gasteiger partial charge in [-0.25, -0.2) is 0 Å². The van der Waals surface area contributed by atoms with Crippen LogP contribution in [0.2, 0.25) is 0 Å². The third-order valence-electron chi connectivity index (χ3n) is 5.30. The van der Waals surface area contributed by atoms with E-state index in [0.717, 1.165) is 12.8 Å². The summed E-state index contributed by atoms with van der Waals surface area (Å²) < 4.78 is 0. The molecule has 1 aromatic rings. The Kier molecular flexibility index (Phi) is 5.19. The molecule has 3 atom stereocenters. The van der Waals surface area contributed by atoms with Crippen LogP contribution in [0.1, 0.15) is 25.3 Å². The molecule has 0 aliphatic carbocycles. The summed E-state index contributed by atoms with van der Waals surface area (Å²) in [4.78, 5) is 28.5. The number of carbonyl (C=O) groups is 2. The topological polar surface area (TPSA) is 60.9 Å². The molecule has 2 heterocycles. The summed E-state index contributed by atoms with van der Waals surface area (Å²) in [5.41, 5.74) is 1.21. The van der Waals surface area contributed by atoms with Crippen molar-refractivity contribution in [1.29, 1.82) is 0 Å². The van der Waals surface area contributed by atoms with Crippen molar-refractivity contribution < 1.29 is 14.7 Å². The molecule has 3 rings (SSSR count). The molecule has 0 aromatic heterocycles. The van der Waals surface area contributed by atoms with Crippen LogP contribution in [0.25, 0.3) is 0 Å². The lowest BCUT2D eigenvalue weighted by molar-refractivity contribution is -0.135. The van der Waals surface area contributed by atoms with Gasteiger partial charge in [-0.2, -0.15) is 0 Å². The van der Waals surface area contributed by atoms with Crippen LogP contribution in [0.3, 0.4) is 0 Å². The standard InChI is InChI=1S/C19H26N2O3/c1-14(22)16-8-10-21(12-16)19(24)17-11-18(23)20(13-17)9-7-15-5-3-2-4-6-15/h2-6,14,16-17,22H,7-13H2,1H3. The van der Waals surface area contributed by atoms with Gasteiger partial charge in [-0.05, 0) is 25.3 Å². The molecule has 2 aliphatic heterocycles. The van der Waals surface area contributed by atoms with Crippen molar-refractivity contribution in [2.24, 2.45) is 11.8 Å². The highest BCUT2D eigenvalue weighted by atomic mass is 16.3. The van der Waals surface area contributed by atoms with E-state index in [0.29, 0.717) is 32.6 Å². The van der Waals surface area contributed by atoms with E-state index in [2.05, 4.69) is 12.1 Å². The smallest absolute Gasteiger partial charge is 0.228 e. The average molecular weight is 330 g/mol. The summed E-state index contributed by atoms with van der Waals surface area (Å²) >= 11 is 0. The van der Waals surface area contributed by atoms with E-state index in [1.807, 2.05) is 28.0 Å². The predicted octanol–water partition coefficient (Wildman–Crippen LogP) is 1.31. The van der Waals surface area contributed by atoms with Gasteiger partial charge in [0, 0.05) is 38.5 Å². The van der Waals surface area contributed by atoms with Crippen LogP contribution >= 0.6 is 0 Å². The summed E-state index contributed by atoms with van der Waals surface area (Å²) in [5, 5.41) is 9.68. The van der Waals surface area contributed by atoms with E-state index < -0.39 is 0 Å². The molecule has 130 valence electrons. The third-order valence-corrected chi connectivity index (χ3v) is 5.30. The second kappa shape index (κ2) is 7.34. The van der Waals surface area contributed by atoms with Gasteiger partial charge in [0.05, 0.1) is 12.0 Å². The number of likely N-dealkylation sites (tertiary alicyclic amines) is 2. The number of aliphatic hydroxyl groups is 1. The zero-order valence-electron chi connectivity index (χ0n) is 14.2. The summed E-state index contributed by atoms with van der Waals surface area (Å²) in [6.07, 6.45) is 1.61. The van der Waals surface area contributed by atoms with Crippen LogP contribution in [-0.4, -0.2) is 59.0 Å². The fourth-order valence-corrected chi connectivity index (χ4v) is 3.70. The highest BCUT2D eigenvalue weighted by Gasteiger charge is 2.38. The number of aliphatic hydroxyl groups excluding tert-OH is 1. The largest absolute Gasteiger partial charge is 0.393 e. The van der Waals surface area contributed by atoms with E-state index in [-0.39, 0.29) is 29.8 Å². The monoisotopic (exact) mass is 330 g/mol. The number of benzene rings is 1. The lowest BCUT2D eigenvalue weighted by Gasteiger charge is -2.21. The minimum absolute atomic E-state index is 0.0775. The minimum Gasteiger partial charge on any atom is -0.393 e. The minimum atomic E-state index is -0.379. The summed E-state index contributed by atoms with van der Waals surface area (Å²) in [6, 6.07) is 10.1. The zero-order chi connectivity index (χ0) is 17.1. The number of rotatable bonds is 5. The fraction of sp³-hybridized carbons (Fsp3) is 0.579. The maximum absolute atomic E-state index is 12.6. The van der Waals surface area contributed by atoms with Gasteiger partial charge in [0.2, 0.25) is 11.8 Å². The first-order valence-electron chi connectivity index (χ1n) is 8.83. The van der Waals surface area contributed by atoms with Gasteiger partial charge in [-0.3, -0.25) is 9.59 Å². The van der Waals surface area contributed by atoms with Crippen molar-refractivity contribution >= 4 is 11.8 Å². The quantitative estimate of drug-likeness (QED) is 0.885. The Morgan fingerprint density at radius 1 is 1.29 bits per heavy atom. The average Bonchev–Trinajstić information content (AvgIpc) is 3.20. The van der Waals surface area contributed by atoms with Crippen LogP contribution in [0, 0.1) is 11.8 Å². The molecule has 2 aliphatic rings. The fourth-order valence-electron chi connectivity index (χ4n) is 3.70. The van der Waals surface area contributed by atoms with Gasteiger partial charge in [0.25, 0.3) is 0 Å². The third kappa shape index (κ3) is 3.78. The number of amides is 2. The number of carbonyl (C=O) groups excluding carboxylic acids is 2. The first kappa shape index (κ1) is 17.0. The van der Waals surface area contributed by atoms with Crippen molar-refractivity contribution in [2.75, 3.05) is 26.2 Å². The SMILES string of the molecule is CC(O)C1CCN(C(=O)C2CC(=O)N(CCc3ccccc3)C2)C1. The molecule has 2 amide bonds. The van der Waals surface area contributed by atoms with Crippen molar-refractivity contribution in [3.63, 3.8) is 0 Å². The maximum Gasteiger partial charge on any atom is 0.228 e. The van der Waals surface area contributed by atoms with E-state index in [1.54, 1.807) is 6.92 Å². The number of nitrogens with zero attached hydrogens (tertiary/aromatic N) is 2. The molecule has 5 heteroatoms. The Hall–Kier alpha value is -1.88.